The summed E-state index contributed by atoms with van der Waals surface area (Å²) in [5.41, 5.74) is 7.24. The van der Waals surface area contributed by atoms with Crippen LogP contribution in [0.15, 0.2) is 34.9 Å². The first kappa shape index (κ1) is 11.3. The summed E-state index contributed by atoms with van der Waals surface area (Å²) >= 11 is 3.14. The summed E-state index contributed by atoms with van der Waals surface area (Å²) in [6.45, 7) is 0. The molecule has 2 aromatic rings. The lowest BCUT2D eigenvalue weighted by Crippen LogP contribution is -2.17. The maximum atomic E-state index is 13.8. The molecule has 0 aliphatic rings. The van der Waals surface area contributed by atoms with Crippen molar-refractivity contribution in [1.82, 2.24) is 9.78 Å². The fourth-order valence-corrected chi connectivity index (χ4v) is 1.99. The van der Waals surface area contributed by atoms with Gasteiger partial charge < -0.3 is 5.73 Å². The van der Waals surface area contributed by atoms with Crippen LogP contribution in [0.2, 0.25) is 0 Å². The maximum absolute atomic E-state index is 13.8. The smallest absolute Gasteiger partial charge is 0.142 e. The summed E-state index contributed by atoms with van der Waals surface area (Å²) < 4.78 is 15.9. The van der Waals surface area contributed by atoms with Crippen LogP contribution in [-0.4, -0.2) is 9.78 Å². The van der Waals surface area contributed by atoms with Crippen LogP contribution in [0.5, 0.6) is 0 Å². The SMILES string of the molecule is Cn1nccc1C(N)c1cccc(Br)c1F. The highest BCUT2D eigenvalue weighted by Crippen LogP contribution is 2.26. The first-order valence-corrected chi connectivity index (χ1v) is 5.58. The molecule has 1 atom stereocenters. The fraction of sp³-hybridized carbons (Fsp3) is 0.182. The van der Waals surface area contributed by atoms with Gasteiger partial charge >= 0.3 is 0 Å². The Morgan fingerprint density at radius 3 is 2.81 bits per heavy atom. The van der Waals surface area contributed by atoms with Gasteiger partial charge in [-0.3, -0.25) is 4.68 Å². The van der Waals surface area contributed by atoms with Crippen LogP contribution in [0.4, 0.5) is 4.39 Å². The largest absolute Gasteiger partial charge is 0.319 e. The molecule has 0 fully saturated rings. The summed E-state index contributed by atoms with van der Waals surface area (Å²) in [4.78, 5) is 0. The molecule has 0 bridgehead atoms. The van der Waals surface area contributed by atoms with Gasteiger partial charge in [-0.15, -0.1) is 0 Å². The highest BCUT2D eigenvalue weighted by Gasteiger charge is 2.17. The number of aryl methyl sites for hydroxylation is 1. The van der Waals surface area contributed by atoms with Gasteiger partial charge in [0.1, 0.15) is 5.82 Å². The van der Waals surface area contributed by atoms with Crippen molar-refractivity contribution in [3.63, 3.8) is 0 Å². The number of nitrogens with zero attached hydrogens (tertiary/aromatic N) is 2. The van der Waals surface area contributed by atoms with E-state index in [1.807, 2.05) is 0 Å². The molecule has 1 unspecified atom stereocenters. The molecule has 1 heterocycles. The van der Waals surface area contributed by atoms with Crippen molar-refractivity contribution >= 4 is 15.9 Å². The van der Waals surface area contributed by atoms with Crippen LogP contribution >= 0.6 is 15.9 Å². The second-order valence-corrected chi connectivity index (χ2v) is 4.35. The Balaban J connectivity index is 2.46. The molecule has 84 valence electrons. The molecule has 5 heteroatoms. The van der Waals surface area contributed by atoms with Gasteiger partial charge in [-0.1, -0.05) is 12.1 Å². The molecular formula is C11H11BrFN3. The Morgan fingerprint density at radius 1 is 1.44 bits per heavy atom. The van der Waals surface area contributed by atoms with Gasteiger partial charge in [0, 0.05) is 18.8 Å². The zero-order chi connectivity index (χ0) is 11.7. The van der Waals surface area contributed by atoms with Crippen LogP contribution in [0.3, 0.4) is 0 Å². The minimum absolute atomic E-state index is 0.323. The maximum Gasteiger partial charge on any atom is 0.142 e. The lowest BCUT2D eigenvalue weighted by atomic mass is 10.0. The number of nitrogens with two attached hydrogens (primary N) is 1. The molecule has 2 N–H and O–H groups in total. The Morgan fingerprint density at radius 2 is 2.19 bits per heavy atom. The van der Waals surface area contributed by atoms with Gasteiger partial charge in [0.2, 0.25) is 0 Å². The lowest BCUT2D eigenvalue weighted by molar-refractivity contribution is 0.581. The van der Waals surface area contributed by atoms with Crippen molar-refractivity contribution in [1.29, 1.82) is 0 Å². The first-order valence-electron chi connectivity index (χ1n) is 4.78. The van der Waals surface area contributed by atoms with Crippen molar-refractivity contribution in [2.75, 3.05) is 0 Å². The third-order valence-electron chi connectivity index (χ3n) is 2.49. The Kier molecular flexibility index (Phi) is 3.07. The van der Waals surface area contributed by atoms with Crippen LogP contribution < -0.4 is 5.73 Å². The Hall–Kier alpha value is -1.20. The highest BCUT2D eigenvalue weighted by molar-refractivity contribution is 9.10. The van der Waals surface area contributed by atoms with E-state index in [1.54, 1.807) is 42.2 Å². The second kappa shape index (κ2) is 4.35. The third-order valence-corrected chi connectivity index (χ3v) is 3.11. The molecule has 0 spiro atoms. The van der Waals surface area contributed by atoms with Crippen LogP contribution in [0.25, 0.3) is 0 Å². The van der Waals surface area contributed by atoms with Gasteiger partial charge in [0.05, 0.1) is 16.2 Å². The van der Waals surface area contributed by atoms with Crippen LogP contribution in [0, 0.1) is 5.82 Å². The van der Waals surface area contributed by atoms with E-state index in [1.165, 1.54) is 0 Å². The summed E-state index contributed by atoms with van der Waals surface area (Å²) in [5, 5.41) is 4.02. The zero-order valence-electron chi connectivity index (χ0n) is 8.69. The topological polar surface area (TPSA) is 43.8 Å². The number of hydrogen-bond acceptors (Lipinski definition) is 2. The van der Waals surface area contributed by atoms with Crippen molar-refractivity contribution in [3.05, 3.63) is 52.0 Å². The van der Waals surface area contributed by atoms with Crippen LogP contribution in [0.1, 0.15) is 17.3 Å². The van der Waals surface area contributed by atoms with Gasteiger partial charge in [-0.05, 0) is 28.1 Å². The minimum atomic E-state index is -0.509. The van der Waals surface area contributed by atoms with Crippen molar-refractivity contribution in [2.45, 2.75) is 6.04 Å². The van der Waals surface area contributed by atoms with E-state index in [2.05, 4.69) is 21.0 Å². The van der Waals surface area contributed by atoms with Gasteiger partial charge in [-0.2, -0.15) is 5.10 Å². The third kappa shape index (κ3) is 1.88. The summed E-state index contributed by atoms with van der Waals surface area (Å²) in [7, 11) is 1.78. The summed E-state index contributed by atoms with van der Waals surface area (Å²) in [6.07, 6.45) is 1.64. The standard InChI is InChI=1S/C11H11BrFN3/c1-16-9(5-6-15-16)11(14)7-3-2-4-8(12)10(7)13/h2-6,11H,14H2,1H3. The number of halogens is 2. The molecule has 0 amide bonds. The molecule has 2 rings (SSSR count). The zero-order valence-corrected chi connectivity index (χ0v) is 10.3. The molecule has 1 aromatic carbocycles. The quantitative estimate of drug-likeness (QED) is 0.920. The Bertz CT molecular complexity index is 510. The number of benzene rings is 1. The minimum Gasteiger partial charge on any atom is -0.319 e. The summed E-state index contributed by atoms with van der Waals surface area (Å²) in [6, 6.07) is 6.36. The predicted octanol–water partition coefficient (Wildman–Crippen LogP) is 2.37. The van der Waals surface area contributed by atoms with E-state index in [4.69, 9.17) is 5.73 Å². The van der Waals surface area contributed by atoms with Crippen molar-refractivity contribution in [3.8, 4) is 0 Å². The second-order valence-electron chi connectivity index (χ2n) is 3.50. The first-order chi connectivity index (χ1) is 7.61. The van der Waals surface area contributed by atoms with E-state index >= 15 is 0 Å². The molecule has 0 saturated carbocycles. The predicted molar refractivity (Wildman–Crippen MR) is 63.3 cm³/mol. The number of rotatable bonds is 2. The average Bonchev–Trinajstić information content (AvgIpc) is 2.68. The normalized spacial score (nSPS) is 12.8. The highest BCUT2D eigenvalue weighted by atomic mass is 79.9. The molecule has 0 aliphatic carbocycles. The van der Waals surface area contributed by atoms with E-state index < -0.39 is 6.04 Å². The summed E-state index contributed by atoms with van der Waals surface area (Å²) in [5.74, 6) is -0.323. The van der Waals surface area contributed by atoms with Gasteiger partial charge in [0.25, 0.3) is 0 Å². The molecular weight excluding hydrogens is 273 g/mol. The van der Waals surface area contributed by atoms with E-state index in [0.29, 0.717) is 10.0 Å². The molecule has 3 nitrogen and oxygen atoms in total. The van der Waals surface area contributed by atoms with E-state index in [9.17, 15) is 4.39 Å². The molecule has 1 aromatic heterocycles. The molecule has 0 saturated heterocycles. The van der Waals surface area contributed by atoms with Crippen LogP contribution in [-0.2, 0) is 7.05 Å². The van der Waals surface area contributed by atoms with Gasteiger partial charge in [-0.25, -0.2) is 4.39 Å². The van der Waals surface area contributed by atoms with E-state index in [0.717, 1.165) is 5.69 Å². The van der Waals surface area contributed by atoms with Crippen molar-refractivity contribution < 1.29 is 4.39 Å². The number of hydrogen-bond donors (Lipinski definition) is 1. The monoisotopic (exact) mass is 283 g/mol. The lowest BCUT2D eigenvalue weighted by Gasteiger charge is -2.13. The van der Waals surface area contributed by atoms with Crippen molar-refractivity contribution in [2.24, 2.45) is 12.8 Å². The average molecular weight is 284 g/mol. The number of aromatic nitrogens is 2. The Labute approximate surface area is 101 Å². The van der Waals surface area contributed by atoms with Gasteiger partial charge in [0.15, 0.2) is 0 Å². The molecule has 16 heavy (non-hydrogen) atoms. The fourth-order valence-electron chi connectivity index (χ4n) is 1.61. The molecule has 0 radical (unpaired) electrons. The van der Waals surface area contributed by atoms with E-state index in [-0.39, 0.29) is 5.82 Å². The molecule has 0 aliphatic heterocycles.